The van der Waals surface area contributed by atoms with E-state index in [-0.39, 0.29) is 17.4 Å². The van der Waals surface area contributed by atoms with E-state index in [2.05, 4.69) is 9.62 Å². The Morgan fingerprint density at radius 1 is 0.936 bits per heavy atom. The zero-order chi connectivity index (χ0) is 33.1. The molecule has 0 unspecified atom stereocenters. The van der Waals surface area contributed by atoms with Gasteiger partial charge >= 0.3 is 0 Å². The van der Waals surface area contributed by atoms with Gasteiger partial charge in [0.15, 0.2) is 0 Å². The summed E-state index contributed by atoms with van der Waals surface area (Å²) in [5.41, 5.74) is 4.28. The lowest BCUT2D eigenvalue weighted by molar-refractivity contribution is 0.000837. The first-order valence-corrected chi connectivity index (χ1v) is 19.1. The summed E-state index contributed by atoms with van der Waals surface area (Å²) in [5.74, 6) is 0.638. The zero-order valence-electron chi connectivity index (χ0n) is 27.4. The van der Waals surface area contributed by atoms with Crippen LogP contribution in [0.4, 0.5) is 5.69 Å². The van der Waals surface area contributed by atoms with Crippen molar-refractivity contribution < 1.29 is 23.1 Å². The molecule has 2 heterocycles. The molecule has 1 aliphatic carbocycles. The monoisotopic (exact) mass is 678 g/mol. The van der Waals surface area contributed by atoms with Crippen LogP contribution >= 0.6 is 11.6 Å². The summed E-state index contributed by atoms with van der Waals surface area (Å²) in [7, 11) is -3.92. The number of aliphatic hydroxyl groups is 1. The molecule has 47 heavy (non-hydrogen) atoms. The smallest absolute Gasteiger partial charge is 0.264 e. The Labute approximate surface area is 284 Å². The summed E-state index contributed by atoms with van der Waals surface area (Å²) < 4.78 is 35.7. The van der Waals surface area contributed by atoms with E-state index in [4.69, 9.17) is 16.3 Å². The molecule has 6 rings (SSSR count). The summed E-state index contributed by atoms with van der Waals surface area (Å²) in [6.07, 6.45) is 6.64. The third-order valence-corrected chi connectivity index (χ3v) is 13.1. The Hall–Kier alpha value is -3.07. The molecule has 2 N–H and O–H groups in total. The number of carbonyl (C=O) groups is 1. The molecule has 9 heteroatoms. The van der Waals surface area contributed by atoms with Gasteiger partial charge in [-0.3, -0.25) is 4.79 Å². The molecule has 6 atom stereocenters. The Morgan fingerprint density at radius 2 is 1.74 bits per heavy atom. The summed E-state index contributed by atoms with van der Waals surface area (Å²) in [6.45, 7) is 5.51. The van der Waals surface area contributed by atoms with Crippen molar-refractivity contribution in [3.05, 3.63) is 94.0 Å². The lowest BCUT2D eigenvalue weighted by Gasteiger charge is -2.46. The molecule has 1 amide bonds. The van der Waals surface area contributed by atoms with E-state index in [1.165, 1.54) is 5.56 Å². The minimum atomic E-state index is -3.92. The van der Waals surface area contributed by atoms with Gasteiger partial charge in [-0.2, -0.15) is 0 Å². The fourth-order valence-electron chi connectivity index (χ4n) is 7.75. The number of fused-ring (bicyclic) bond motifs is 3. The molecule has 2 aliphatic heterocycles. The molecular weight excluding hydrogens is 632 g/mol. The standard InChI is InChI=1S/C38H47ClN2O5S/c1-25-9-8-13-34(37(42)27-10-4-3-5-11-27)33-18-15-30(33)23-41-20-7-6-12-28-21-32(39)17-14-31(28)24-46-36-19-16-29(22-35(36)41)38(43)40-47(44,45)26(25)2/h3-5,10-11,14,16-17,19,21-22,25-26,30,33-34,37,42H,6-9,12-13,15,18,20,23-24H2,1-2H3,(H,40,43)/t25-,26+,30-,33+,34+,37+/m0/s1. The molecule has 3 aromatic rings. The van der Waals surface area contributed by atoms with Gasteiger partial charge in [-0.25, -0.2) is 13.1 Å². The fourth-order valence-corrected chi connectivity index (χ4v) is 9.25. The minimum Gasteiger partial charge on any atom is -0.487 e. The van der Waals surface area contributed by atoms with Gasteiger partial charge in [-0.1, -0.05) is 61.3 Å². The largest absolute Gasteiger partial charge is 0.487 e. The molecule has 252 valence electrons. The van der Waals surface area contributed by atoms with Gasteiger partial charge in [0, 0.05) is 23.7 Å². The van der Waals surface area contributed by atoms with Crippen molar-refractivity contribution in [2.45, 2.75) is 83.2 Å². The van der Waals surface area contributed by atoms with Crippen LogP contribution in [0, 0.1) is 23.7 Å². The number of nitrogens with zero attached hydrogens (tertiary/aromatic N) is 1. The van der Waals surface area contributed by atoms with E-state index in [1.54, 1.807) is 25.1 Å². The van der Waals surface area contributed by atoms with E-state index < -0.39 is 27.3 Å². The highest BCUT2D eigenvalue weighted by Crippen LogP contribution is 2.48. The average molecular weight is 679 g/mol. The van der Waals surface area contributed by atoms with Gasteiger partial charge in [0.2, 0.25) is 10.0 Å². The summed E-state index contributed by atoms with van der Waals surface area (Å²) in [6, 6.07) is 21.1. The lowest BCUT2D eigenvalue weighted by atomic mass is 9.63. The first-order valence-electron chi connectivity index (χ1n) is 17.2. The number of benzene rings is 3. The highest BCUT2D eigenvalue weighted by molar-refractivity contribution is 7.90. The number of sulfonamides is 1. The van der Waals surface area contributed by atoms with Gasteiger partial charge in [0.25, 0.3) is 5.91 Å². The van der Waals surface area contributed by atoms with Crippen LogP contribution < -0.4 is 14.4 Å². The first kappa shape index (κ1) is 33.8. The van der Waals surface area contributed by atoms with Gasteiger partial charge in [-0.05, 0) is 123 Å². The van der Waals surface area contributed by atoms with E-state index in [0.29, 0.717) is 35.6 Å². The maximum absolute atomic E-state index is 13.5. The Kier molecular flexibility index (Phi) is 10.5. The first-order chi connectivity index (χ1) is 22.6. The SMILES string of the molecule is C[C@@H]1[C@@H](C)CCC[C@@H]([C@H](O)c2ccccc2)[C@@H]2CC[C@H]2CN2CCCCc3cc(Cl)ccc3COc3ccc(cc32)C(=O)NS1(=O)=O. The van der Waals surface area contributed by atoms with Gasteiger partial charge in [-0.15, -0.1) is 0 Å². The molecule has 0 radical (unpaired) electrons. The number of hydrogen-bond acceptors (Lipinski definition) is 6. The second-order valence-corrected chi connectivity index (χ2v) is 16.4. The number of rotatable bonds is 2. The van der Waals surface area contributed by atoms with Crippen LogP contribution in [0.2, 0.25) is 5.02 Å². The number of nitrogens with one attached hydrogen (secondary N) is 1. The van der Waals surface area contributed by atoms with Crippen molar-refractivity contribution in [3.63, 3.8) is 0 Å². The van der Waals surface area contributed by atoms with E-state index >= 15 is 0 Å². The van der Waals surface area contributed by atoms with E-state index in [0.717, 1.165) is 74.8 Å². The number of ether oxygens (including phenoxy) is 1. The number of anilines is 1. The van der Waals surface area contributed by atoms with Crippen LogP contribution in [-0.2, 0) is 23.1 Å². The number of hydrogen-bond donors (Lipinski definition) is 2. The predicted molar refractivity (Wildman–Crippen MR) is 187 cm³/mol. The molecule has 3 aromatic carbocycles. The van der Waals surface area contributed by atoms with Crippen molar-refractivity contribution in [1.82, 2.24) is 4.72 Å². The second-order valence-electron chi connectivity index (χ2n) is 13.9. The van der Waals surface area contributed by atoms with Crippen LogP contribution in [0.5, 0.6) is 5.75 Å². The average Bonchev–Trinajstić information content (AvgIpc) is 3.08. The zero-order valence-corrected chi connectivity index (χ0v) is 29.0. The van der Waals surface area contributed by atoms with Gasteiger partial charge in [0.1, 0.15) is 12.4 Å². The van der Waals surface area contributed by atoms with Crippen molar-refractivity contribution in [1.29, 1.82) is 0 Å². The molecule has 1 saturated carbocycles. The maximum atomic E-state index is 13.5. The highest BCUT2D eigenvalue weighted by Gasteiger charge is 2.41. The Morgan fingerprint density at radius 3 is 2.51 bits per heavy atom. The van der Waals surface area contributed by atoms with E-state index in [1.807, 2.05) is 55.5 Å². The summed E-state index contributed by atoms with van der Waals surface area (Å²) in [5, 5.41) is 11.7. The quantitative estimate of drug-likeness (QED) is 0.288. The topological polar surface area (TPSA) is 95.9 Å². The van der Waals surface area contributed by atoms with Crippen LogP contribution in [0.15, 0.2) is 66.7 Å². The fraction of sp³-hybridized carbons (Fsp3) is 0.500. The predicted octanol–water partition coefficient (Wildman–Crippen LogP) is 7.71. The molecule has 1 fully saturated rings. The van der Waals surface area contributed by atoms with Gasteiger partial charge < -0.3 is 14.7 Å². The van der Waals surface area contributed by atoms with Crippen LogP contribution in [0.25, 0.3) is 0 Å². The van der Waals surface area contributed by atoms with E-state index in [9.17, 15) is 18.3 Å². The molecule has 0 aromatic heterocycles. The number of carbonyl (C=O) groups excluding carboxylic acids is 1. The van der Waals surface area contributed by atoms with Crippen molar-refractivity contribution in [3.8, 4) is 5.75 Å². The Bertz CT molecular complexity index is 1670. The molecule has 3 aliphatic rings. The third-order valence-electron chi connectivity index (χ3n) is 11.0. The number of halogens is 1. The number of aryl methyl sites for hydroxylation is 1. The summed E-state index contributed by atoms with van der Waals surface area (Å²) >= 11 is 6.36. The number of aliphatic hydroxyl groups excluding tert-OH is 1. The number of amides is 1. The molecule has 7 nitrogen and oxygen atoms in total. The molecular formula is C38H47ClN2O5S. The van der Waals surface area contributed by atoms with Crippen molar-refractivity contribution >= 4 is 33.2 Å². The molecule has 0 spiro atoms. The van der Waals surface area contributed by atoms with Crippen LogP contribution in [0.1, 0.15) is 91.9 Å². The van der Waals surface area contributed by atoms with Crippen molar-refractivity contribution in [2.75, 3.05) is 18.0 Å². The lowest BCUT2D eigenvalue weighted by Crippen LogP contribution is -2.44. The van der Waals surface area contributed by atoms with Crippen LogP contribution in [-0.4, -0.2) is 37.8 Å². The Balaban J connectivity index is 1.39. The second kappa shape index (κ2) is 14.6. The van der Waals surface area contributed by atoms with Crippen molar-refractivity contribution in [2.24, 2.45) is 23.7 Å². The van der Waals surface area contributed by atoms with Gasteiger partial charge in [0.05, 0.1) is 17.0 Å². The third kappa shape index (κ3) is 7.65. The maximum Gasteiger partial charge on any atom is 0.264 e. The molecule has 0 saturated heterocycles. The normalized spacial score (nSPS) is 27.4. The molecule has 2 bridgehead atoms. The summed E-state index contributed by atoms with van der Waals surface area (Å²) in [4.78, 5) is 15.8. The minimum absolute atomic E-state index is 0.0631. The highest BCUT2D eigenvalue weighted by atomic mass is 35.5. The van der Waals surface area contributed by atoms with Crippen LogP contribution in [0.3, 0.4) is 0 Å².